The van der Waals surface area contributed by atoms with Crippen LogP contribution in [-0.4, -0.2) is 18.5 Å². The van der Waals surface area contributed by atoms with Crippen LogP contribution in [0.4, 0.5) is 0 Å². The maximum Gasteiger partial charge on any atom is 0.132 e. The first-order valence-electron chi connectivity index (χ1n) is 4.40. The lowest BCUT2D eigenvalue weighted by Gasteiger charge is -2.03. The zero-order valence-corrected chi connectivity index (χ0v) is 7.72. The van der Waals surface area contributed by atoms with Crippen molar-refractivity contribution in [1.29, 1.82) is 0 Å². The number of rotatable bonds is 2. The molecule has 1 fully saturated rings. The summed E-state index contributed by atoms with van der Waals surface area (Å²) >= 11 is 0. The Morgan fingerprint density at radius 3 is 2.55 bits per heavy atom. The van der Waals surface area contributed by atoms with Crippen LogP contribution in [0.2, 0.25) is 0 Å². The summed E-state index contributed by atoms with van der Waals surface area (Å²) in [6, 6.07) is 0. The molecular formula is C9H18O2. The van der Waals surface area contributed by atoms with Gasteiger partial charge in [0.2, 0.25) is 0 Å². The second-order valence-corrected chi connectivity index (χ2v) is 2.54. The molecule has 1 heterocycles. The van der Waals surface area contributed by atoms with Gasteiger partial charge in [-0.1, -0.05) is 13.8 Å². The number of hydrogen-bond donors (Lipinski definition) is 0. The van der Waals surface area contributed by atoms with Gasteiger partial charge in [0.15, 0.2) is 0 Å². The third-order valence-electron chi connectivity index (χ3n) is 1.54. The van der Waals surface area contributed by atoms with E-state index in [2.05, 4.69) is 0 Å². The van der Waals surface area contributed by atoms with Crippen molar-refractivity contribution in [3.63, 3.8) is 0 Å². The minimum atomic E-state index is 0.238. The molecule has 11 heavy (non-hydrogen) atoms. The Bertz CT molecular complexity index is 104. The summed E-state index contributed by atoms with van der Waals surface area (Å²) in [6.45, 7) is 6.46. The molecule has 1 rings (SSSR count). The summed E-state index contributed by atoms with van der Waals surface area (Å²) in [7, 11) is 0. The molecule has 1 unspecified atom stereocenters. The number of carbonyl (C=O) groups excluding carboxylic acids is 1. The standard InChI is InChI=1S/C7H12O2.C2H6/c1-6(8)5-7-3-2-4-9-7;1-2/h7H,2-5H2,1H3;1-2H3. The number of hydrogen-bond acceptors (Lipinski definition) is 2. The van der Waals surface area contributed by atoms with Gasteiger partial charge in [-0.15, -0.1) is 0 Å². The van der Waals surface area contributed by atoms with Crippen LogP contribution in [0.3, 0.4) is 0 Å². The lowest BCUT2D eigenvalue weighted by atomic mass is 10.1. The SMILES string of the molecule is CC.CC(=O)CC1CCCO1. The molecule has 1 aliphatic rings. The Morgan fingerprint density at radius 2 is 2.18 bits per heavy atom. The molecule has 0 spiro atoms. The van der Waals surface area contributed by atoms with Gasteiger partial charge in [0.05, 0.1) is 6.10 Å². The Balaban J connectivity index is 0.000000461. The van der Waals surface area contributed by atoms with E-state index < -0.39 is 0 Å². The molecule has 0 bridgehead atoms. The monoisotopic (exact) mass is 158 g/mol. The zero-order valence-electron chi connectivity index (χ0n) is 7.72. The number of ether oxygens (including phenoxy) is 1. The van der Waals surface area contributed by atoms with E-state index in [0.29, 0.717) is 6.42 Å². The van der Waals surface area contributed by atoms with E-state index in [9.17, 15) is 4.79 Å². The van der Waals surface area contributed by atoms with Crippen LogP contribution in [0.1, 0.15) is 40.0 Å². The first kappa shape index (κ1) is 10.6. The predicted molar refractivity (Wildman–Crippen MR) is 45.6 cm³/mol. The molecule has 2 heteroatoms. The molecular weight excluding hydrogens is 140 g/mol. The Hall–Kier alpha value is -0.370. The van der Waals surface area contributed by atoms with Gasteiger partial charge in [-0.2, -0.15) is 0 Å². The van der Waals surface area contributed by atoms with E-state index in [1.54, 1.807) is 6.92 Å². The summed E-state index contributed by atoms with van der Waals surface area (Å²) in [5.41, 5.74) is 0. The Morgan fingerprint density at radius 1 is 1.55 bits per heavy atom. The highest BCUT2D eigenvalue weighted by Gasteiger charge is 2.16. The Labute approximate surface area is 68.9 Å². The fraction of sp³-hybridized carbons (Fsp3) is 0.889. The van der Waals surface area contributed by atoms with Gasteiger partial charge in [0.1, 0.15) is 5.78 Å². The van der Waals surface area contributed by atoms with E-state index in [4.69, 9.17) is 4.74 Å². The molecule has 0 aromatic rings. The molecule has 0 amide bonds. The minimum Gasteiger partial charge on any atom is -0.378 e. The molecule has 0 aromatic heterocycles. The first-order valence-corrected chi connectivity index (χ1v) is 4.40. The van der Waals surface area contributed by atoms with Crippen molar-refractivity contribution < 1.29 is 9.53 Å². The van der Waals surface area contributed by atoms with Crippen molar-refractivity contribution in [3.05, 3.63) is 0 Å². The van der Waals surface area contributed by atoms with Gasteiger partial charge >= 0.3 is 0 Å². The first-order chi connectivity index (χ1) is 5.29. The molecule has 0 N–H and O–H groups in total. The van der Waals surface area contributed by atoms with Gasteiger partial charge in [0, 0.05) is 13.0 Å². The average molecular weight is 158 g/mol. The van der Waals surface area contributed by atoms with Crippen molar-refractivity contribution in [3.8, 4) is 0 Å². The highest BCUT2D eigenvalue weighted by atomic mass is 16.5. The van der Waals surface area contributed by atoms with Crippen molar-refractivity contribution >= 4 is 5.78 Å². The quantitative estimate of drug-likeness (QED) is 0.615. The molecule has 0 saturated carbocycles. The third-order valence-corrected chi connectivity index (χ3v) is 1.54. The molecule has 1 saturated heterocycles. The molecule has 0 radical (unpaired) electrons. The third kappa shape index (κ3) is 4.96. The van der Waals surface area contributed by atoms with Crippen LogP contribution in [0, 0.1) is 0 Å². The largest absolute Gasteiger partial charge is 0.378 e. The highest BCUT2D eigenvalue weighted by Crippen LogP contribution is 2.14. The van der Waals surface area contributed by atoms with Crippen LogP contribution in [0.15, 0.2) is 0 Å². The van der Waals surface area contributed by atoms with Gasteiger partial charge in [-0.25, -0.2) is 0 Å². The summed E-state index contributed by atoms with van der Waals surface area (Å²) in [5, 5.41) is 0. The lowest BCUT2D eigenvalue weighted by molar-refractivity contribution is -0.119. The highest BCUT2D eigenvalue weighted by molar-refractivity contribution is 5.75. The Kier molecular flexibility index (Phi) is 6.13. The summed E-state index contributed by atoms with van der Waals surface area (Å²) in [4.78, 5) is 10.5. The van der Waals surface area contributed by atoms with Crippen LogP contribution >= 0.6 is 0 Å². The van der Waals surface area contributed by atoms with Crippen LogP contribution in [0.25, 0.3) is 0 Å². The van der Waals surface area contributed by atoms with Crippen molar-refractivity contribution in [2.45, 2.75) is 46.1 Å². The van der Waals surface area contributed by atoms with E-state index in [1.165, 1.54) is 0 Å². The second kappa shape index (κ2) is 6.35. The van der Waals surface area contributed by atoms with Crippen LogP contribution in [-0.2, 0) is 9.53 Å². The average Bonchev–Trinajstić information content (AvgIpc) is 2.43. The van der Waals surface area contributed by atoms with Crippen molar-refractivity contribution in [2.75, 3.05) is 6.61 Å². The lowest BCUT2D eigenvalue weighted by Crippen LogP contribution is -2.09. The maximum atomic E-state index is 10.5. The summed E-state index contributed by atoms with van der Waals surface area (Å²) < 4.78 is 5.24. The second-order valence-electron chi connectivity index (χ2n) is 2.54. The van der Waals surface area contributed by atoms with E-state index in [1.807, 2.05) is 13.8 Å². The summed E-state index contributed by atoms with van der Waals surface area (Å²) in [6.07, 6.45) is 3.04. The van der Waals surface area contributed by atoms with E-state index >= 15 is 0 Å². The number of ketones is 1. The smallest absolute Gasteiger partial charge is 0.132 e. The molecule has 66 valence electrons. The van der Waals surface area contributed by atoms with E-state index in [-0.39, 0.29) is 11.9 Å². The molecule has 0 aliphatic carbocycles. The fourth-order valence-corrected chi connectivity index (χ4v) is 1.13. The summed E-state index contributed by atoms with van der Waals surface area (Å²) in [5.74, 6) is 0.238. The molecule has 1 aliphatic heterocycles. The number of Topliss-reactive ketones (excluding diaryl/α,β-unsaturated/α-hetero) is 1. The molecule has 1 atom stereocenters. The maximum absolute atomic E-state index is 10.5. The van der Waals surface area contributed by atoms with E-state index in [0.717, 1.165) is 19.4 Å². The van der Waals surface area contributed by atoms with Gasteiger partial charge in [-0.3, -0.25) is 4.79 Å². The fourth-order valence-electron chi connectivity index (χ4n) is 1.13. The molecule has 2 nitrogen and oxygen atoms in total. The van der Waals surface area contributed by atoms with Crippen LogP contribution in [0.5, 0.6) is 0 Å². The van der Waals surface area contributed by atoms with Crippen molar-refractivity contribution in [2.24, 2.45) is 0 Å². The van der Waals surface area contributed by atoms with Crippen molar-refractivity contribution in [1.82, 2.24) is 0 Å². The van der Waals surface area contributed by atoms with Gasteiger partial charge in [0.25, 0.3) is 0 Å². The zero-order chi connectivity index (χ0) is 8.69. The van der Waals surface area contributed by atoms with Gasteiger partial charge < -0.3 is 4.74 Å². The predicted octanol–water partition coefficient (Wildman–Crippen LogP) is 2.17. The normalized spacial score (nSPS) is 22.3. The minimum absolute atomic E-state index is 0.238. The topological polar surface area (TPSA) is 26.3 Å². The van der Waals surface area contributed by atoms with Crippen LogP contribution < -0.4 is 0 Å². The number of carbonyl (C=O) groups is 1. The van der Waals surface area contributed by atoms with Gasteiger partial charge in [-0.05, 0) is 19.8 Å². The molecule has 0 aromatic carbocycles.